The average Bonchev–Trinajstić information content (AvgIpc) is 2.87. The average molecular weight is 334 g/mol. The van der Waals surface area contributed by atoms with Crippen LogP contribution < -0.4 is 4.72 Å². The third-order valence-electron chi connectivity index (χ3n) is 4.13. The Morgan fingerprint density at radius 2 is 1.87 bits per heavy atom. The minimum atomic E-state index is -3.28. The van der Waals surface area contributed by atoms with Crippen molar-refractivity contribution in [3.8, 4) is 11.1 Å². The van der Waals surface area contributed by atoms with E-state index in [2.05, 4.69) is 9.71 Å². The van der Waals surface area contributed by atoms with Crippen molar-refractivity contribution in [2.24, 2.45) is 0 Å². The van der Waals surface area contributed by atoms with Gasteiger partial charge in [-0.1, -0.05) is 18.2 Å². The summed E-state index contributed by atoms with van der Waals surface area (Å²) in [5.41, 5.74) is 3.85. The number of aromatic nitrogens is 1. The molecule has 2 aromatic rings. The van der Waals surface area contributed by atoms with E-state index in [1.807, 2.05) is 18.2 Å². The number of sulfonamides is 1. The fourth-order valence-corrected chi connectivity index (χ4v) is 3.72. The maximum atomic E-state index is 13.3. The van der Waals surface area contributed by atoms with Crippen LogP contribution in [0.15, 0.2) is 36.7 Å². The normalized spacial score (nSPS) is 17.5. The van der Waals surface area contributed by atoms with Gasteiger partial charge in [-0.3, -0.25) is 4.98 Å². The fourth-order valence-electron chi connectivity index (χ4n) is 2.82. The van der Waals surface area contributed by atoms with Gasteiger partial charge in [0.2, 0.25) is 10.0 Å². The van der Waals surface area contributed by atoms with Gasteiger partial charge in [-0.15, -0.1) is 0 Å². The van der Waals surface area contributed by atoms with Crippen LogP contribution >= 0.6 is 0 Å². The van der Waals surface area contributed by atoms with Crippen LogP contribution in [-0.4, -0.2) is 24.7 Å². The highest BCUT2D eigenvalue weighted by molar-refractivity contribution is 7.90. The zero-order valence-electron chi connectivity index (χ0n) is 13.1. The van der Waals surface area contributed by atoms with Crippen molar-refractivity contribution in [3.05, 3.63) is 53.6 Å². The minimum Gasteiger partial charge on any atom is -0.261 e. The molecule has 0 saturated heterocycles. The molecule has 6 heteroatoms. The van der Waals surface area contributed by atoms with E-state index in [4.69, 9.17) is 0 Å². The molecule has 4 nitrogen and oxygen atoms in total. The smallest absolute Gasteiger partial charge is 0.214 e. The fraction of sp³-hybridized carbons (Fsp3) is 0.353. The van der Waals surface area contributed by atoms with Crippen LogP contribution in [0.2, 0.25) is 0 Å². The lowest BCUT2D eigenvalue weighted by Gasteiger charge is -2.14. The van der Waals surface area contributed by atoms with Gasteiger partial charge in [0.05, 0.1) is 11.4 Å². The van der Waals surface area contributed by atoms with E-state index in [-0.39, 0.29) is 11.9 Å². The number of halogens is 1. The Hall–Kier alpha value is -1.79. The number of hydrogen-bond donors (Lipinski definition) is 1. The second kappa shape index (κ2) is 6.02. The van der Waals surface area contributed by atoms with Crippen LogP contribution in [0.25, 0.3) is 11.1 Å². The van der Waals surface area contributed by atoms with Crippen molar-refractivity contribution in [1.82, 2.24) is 9.71 Å². The molecule has 1 N–H and O–H groups in total. The first-order valence-electron chi connectivity index (χ1n) is 7.59. The Kier molecular flexibility index (Phi) is 4.21. The number of benzene rings is 1. The number of nitrogens with zero attached hydrogens (tertiary/aromatic N) is 1. The van der Waals surface area contributed by atoms with Crippen LogP contribution in [-0.2, 0) is 22.9 Å². The molecule has 23 heavy (non-hydrogen) atoms. The molecule has 0 bridgehead atoms. The molecule has 0 amide bonds. The molecule has 1 aromatic heterocycles. The summed E-state index contributed by atoms with van der Waals surface area (Å²) in [5, 5.41) is -0.444. The summed E-state index contributed by atoms with van der Waals surface area (Å²) in [5.74, 6) is -0.370. The molecule has 0 fully saturated rings. The zero-order valence-corrected chi connectivity index (χ0v) is 13.9. The zero-order chi connectivity index (χ0) is 16.6. The summed E-state index contributed by atoms with van der Waals surface area (Å²) >= 11 is 0. The highest BCUT2D eigenvalue weighted by atomic mass is 32.2. The van der Waals surface area contributed by atoms with Crippen molar-refractivity contribution in [2.75, 3.05) is 0 Å². The number of rotatable bonds is 4. The van der Waals surface area contributed by atoms with E-state index >= 15 is 0 Å². The standard InChI is InChI=1S/C17H19FN2O2S/c1-11(2)23(21,22)20-17-7-13-4-3-12(5-14(13)8-17)15-6-16(18)10-19-9-15/h3-6,9-11,17,20H,7-8H2,1-2H3/t17-/m0/s1. The maximum absolute atomic E-state index is 13.3. The Labute approximate surface area is 135 Å². The van der Waals surface area contributed by atoms with E-state index in [9.17, 15) is 12.8 Å². The van der Waals surface area contributed by atoms with Crippen molar-refractivity contribution in [1.29, 1.82) is 0 Å². The van der Waals surface area contributed by atoms with Gasteiger partial charge >= 0.3 is 0 Å². The number of nitrogens with one attached hydrogen (secondary N) is 1. The van der Waals surface area contributed by atoms with Crippen molar-refractivity contribution >= 4 is 10.0 Å². The lowest BCUT2D eigenvalue weighted by atomic mass is 10.0. The topological polar surface area (TPSA) is 59.1 Å². The molecule has 1 aliphatic carbocycles. The van der Waals surface area contributed by atoms with Gasteiger partial charge in [0.15, 0.2) is 0 Å². The first-order chi connectivity index (χ1) is 10.8. The summed E-state index contributed by atoms with van der Waals surface area (Å²) < 4.78 is 40.1. The second-order valence-electron chi connectivity index (χ2n) is 6.19. The molecule has 1 heterocycles. The summed E-state index contributed by atoms with van der Waals surface area (Å²) in [6, 6.07) is 7.24. The van der Waals surface area contributed by atoms with E-state index < -0.39 is 15.3 Å². The van der Waals surface area contributed by atoms with Crippen LogP contribution in [0.3, 0.4) is 0 Å². The van der Waals surface area contributed by atoms with E-state index in [0.717, 1.165) is 22.3 Å². The molecule has 1 atom stereocenters. The molecule has 0 radical (unpaired) electrons. The number of pyridine rings is 1. The Bertz CT molecular complexity index is 834. The van der Waals surface area contributed by atoms with Gasteiger partial charge in [0.25, 0.3) is 0 Å². The Morgan fingerprint density at radius 3 is 2.57 bits per heavy atom. The first kappa shape index (κ1) is 16.1. The minimum absolute atomic E-state index is 0.113. The molecular weight excluding hydrogens is 315 g/mol. The quantitative estimate of drug-likeness (QED) is 0.935. The lowest BCUT2D eigenvalue weighted by molar-refractivity contribution is 0.547. The Balaban J connectivity index is 1.82. The molecule has 0 unspecified atom stereocenters. The molecule has 0 spiro atoms. The molecule has 3 rings (SSSR count). The van der Waals surface area contributed by atoms with Crippen molar-refractivity contribution < 1.29 is 12.8 Å². The number of fused-ring (bicyclic) bond motifs is 1. The monoisotopic (exact) mass is 334 g/mol. The highest BCUT2D eigenvalue weighted by Crippen LogP contribution is 2.28. The summed E-state index contributed by atoms with van der Waals surface area (Å²) in [6.45, 7) is 3.33. The van der Waals surface area contributed by atoms with Crippen LogP contribution in [0.4, 0.5) is 4.39 Å². The third kappa shape index (κ3) is 3.43. The summed E-state index contributed by atoms with van der Waals surface area (Å²) in [7, 11) is -3.28. The van der Waals surface area contributed by atoms with Gasteiger partial charge in [-0.25, -0.2) is 17.5 Å². The van der Waals surface area contributed by atoms with E-state index in [1.165, 1.54) is 12.3 Å². The summed E-state index contributed by atoms with van der Waals surface area (Å²) in [6.07, 6.45) is 4.13. The molecular formula is C17H19FN2O2S. The Morgan fingerprint density at radius 1 is 1.13 bits per heavy atom. The van der Waals surface area contributed by atoms with Crippen molar-refractivity contribution in [3.63, 3.8) is 0 Å². The van der Waals surface area contributed by atoms with Crippen LogP contribution in [0.5, 0.6) is 0 Å². The summed E-state index contributed by atoms with van der Waals surface area (Å²) in [4.78, 5) is 3.87. The van der Waals surface area contributed by atoms with Gasteiger partial charge < -0.3 is 0 Å². The van der Waals surface area contributed by atoms with Crippen molar-refractivity contribution in [2.45, 2.75) is 38.0 Å². The largest absolute Gasteiger partial charge is 0.261 e. The lowest BCUT2D eigenvalue weighted by Crippen LogP contribution is -2.39. The highest BCUT2D eigenvalue weighted by Gasteiger charge is 2.27. The molecule has 122 valence electrons. The van der Waals surface area contributed by atoms with Gasteiger partial charge in [-0.05, 0) is 49.4 Å². The van der Waals surface area contributed by atoms with Crippen LogP contribution in [0, 0.1) is 5.82 Å². The number of hydrogen-bond acceptors (Lipinski definition) is 3. The first-order valence-corrected chi connectivity index (χ1v) is 9.13. The van der Waals surface area contributed by atoms with Gasteiger partial charge in [0, 0.05) is 17.8 Å². The van der Waals surface area contributed by atoms with E-state index in [1.54, 1.807) is 20.0 Å². The van der Waals surface area contributed by atoms with Crippen LogP contribution in [0.1, 0.15) is 25.0 Å². The molecule has 1 aliphatic rings. The molecule has 1 aromatic carbocycles. The second-order valence-corrected chi connectivity index (χ2v) is 8.46. The van der Waals surface area contributed by atoms with E-state index in [0.29, 0.717) is 12.8 Å². The third-order valence-corrected chi connectivity index (χ3v) is 6.03. The SMILES string of the molecule is CC(C)S(=O)(=O)N[C@H]1Cc2ccc(-c3cncc(F)c3)cc2C1. The molecule has 0 saturated carbocycles. The maximum Gasteiger partial charge on any atom is 0.214 e. The van der Waals surface area contributed by atoms with Gasteiger partial charge in [0.1, 0.15) is 5.82 Å². The predicted molar refractivity (Wildman–Crippen MR) is 88.0 cm³/mol. The van der Waals surface area contributed by atoms with Gasteiger partial charge in [-0.2, -0.15) is 0 Å². The molecule has 0 aliphatic heterocycles. The predicted octanol–water partition coefficient (Wildman–Crippen LogP) is 2.68.